The van der Waals surface area contributed by atoms with Crippen molar-refractivity contribution in [2.24, 2.45) is 0 Å². The van der Waals surface area contributed by atoms with Crippen molar-refractivity contribution in [2.75, 3.05) is 4.90 Å². The third-order valence-corrected chi connectivity index (χ3v) is 12.3. The third-order valence-electron chi connectivity index (χ3n) is 12.3. The highest BCUT2D eigenvalue weighted by atomic mass is 16.3. The summed E-state index contributed by atoms with van der Waals surface area (Å²) in [7, 11) is 0. The Morgan fingerprint density at radius 3 is 1.11 bits per heavy atom. The minimum absolute atomic E-state index is 0.819. The van der Waals surface area contributed by atoms with E-state index < -0.39 is 0 Å². The van der Waals surface area contributed by atoms with E-state index in [4.69, 9.17) is 8.83 Å². The predicted molar refractivity (Wildman–Crippen MR) is 263 cm³/mol. The summed E-state index contributed by atoms with van der Waals surface area (Å²) in [6.45, 7) is 0. The minimum atomic E-state index is 0.819. The summed E-state index contributed by atoms with van der Waals surface area (Å²) >= 11 is 0. The summed E-state index contributed by atoms with van der Waals surface area (Å²) in [5, 5.41) is 4.19. The van der Waals surface area contributed by atoms with Gasteiger partial charge in [-0.25, -0.2) is 0 Å². The van der Waals surface area contributed by atoms with Gasteiger partial charge in [0, 0.05) is 50.2 Å². The van der Waals surface area contributed by atoms with E-state index in [2.05, 4.69) is 235 Å². The van der Waals surface area contributed by atoms with Gasteiger partial charge in [0.1, 0.15) is 22.3 Å². The Morgan fingerprint density at radius 2 is 0.619 bits per heavy atom. The molecule has 3 nitrogen and oxygen atoms in total. The average Bonchev–Trinajstić information content (AvgIpc) is 3.91. The molecule has 0 saturated heterocycles. The van der Waals surface area contributed by atoms with Crippen LogP contribution in [0.1, 0.15) is 0 Å². The minimum Gasteiger partial charge on any atom is -0.456 e. The van der Waals surface area contributed by atoms with Crippen LogP contribution in [0.3, 0.4) is 0 Å². The van der Waals surface area contributed by atoms with Crippen LogP contribution in [0.5, 0.6) is 0 Å². The van der Waals surface area contributed by atoms with E-state index in [1.165, 1.54) is 33.4 Å². The molecule has 0 N–H and O–H groups in total. The van der Waals surface area contributed by atoms with Crippen LogP contribution >= 0.6 is 0 Å². The summed E-state index contributed by atoms with van der Waals surface area (Å²) in [5.41, 5.74) is 18.2. The molecule has 296 valence electrons. The lowest BCUT2D eigenvalue weighted by atomic mass is 9.99. The van der Waals surface area contributed by atoms with Crippen LogP contribution in [-0.2, 0) is 0 Å². The number of hydrogen-bond acceptors (Lipinski definition) is 3. The second kappa shape index (κ2) is 15.3. The molecule has 0 unspecified atom stereocenters. The van der Waals surface area contributed by atoms with Crippen molar-refractivity contribution in [3.63, 3.8) is 0 Å². The van der Waals surface area contributed by atoms with E-state index >= 15 is 0 Å². The molecule has 0 fully saturated rings. The van der Waals surface area contributed by atoms with Gasteiger partial charge in [-0.2, -0.15) is 0 Å². The van der Waals surface area contributed by atoms with E-state index in [0.29, 0.717) is 0 Å². The number of anilines is 3. The zero-order valence-corrected chi connectivity index (χ0v) is 34.3. The summed E-state index contributed by atoms with van der Waals surface area (Å²) in [5.74, 6) is 0. The number of nitrogens with zero attached hydrogens (tertiary/aromatic N) is 1. The van der Waals surface area contributed by atoms with Crippen molar-refractivity contribution in [1.82, 2.24) is 0 Å². The van der Waals surface area contributed by atoms with Gasteiger partial charge in [0.25, 0.3) is 0 Å². The first-order valence-corrected chi connectivity index (χ1v) is 21.4. The van der Waals surface area contributed by atoms with Crippen LogP contribution in [-0.4, -0.2) is 0 Å². The summed E-state index contributed by atoms with van der Waals surface area (Å²) in [6.07, 6.45) is 0. The van der Waals surface area contributed by atoms with Crippen molar-refractivity contribution in [1.29, 1.82) is 0 Å². The fourth-order valence-electron chi connectivity index (χ4n) is 9.06. The maximum absolute atomic E-state index is 6.73. The van der Waals surface area contributed by atoms with E-state index in [-0.39, 0.29) is 0 Å². The number of hydrogen-bond donors (Lipinski definition) is 0. The molecule has 0 aliphatic heterocycles. The van der Waals surface area contributed by atoms with Crippen LogP contribution < -0.4 is 4.90 Å². The van der Waals surface area contributed by atoms with Gasteiger partial charge in [-0.1, -0.05) is 182 Å². The van der Waals surface area contributed by atoms with E-state index in [9.17, 15) is 0 Å². The van der Waals surface area contributed by atoms with Crippen LogP contribution in [0, 0.1) is 0 Å². The normalized spacial score (nSPS) is 11.5. The third kappa shape index (κ3) is 6.64. The second-order valence-electron chi connectivity index (χ2n) is 16.1. The monoisotopic (exact) mass is 805 g/mol. The van der Waals surface area contributed by atoms with Crippen molar-refractivity contribution >= 4 is 60.9 Å². The van der Waals surface area contributed by atoms with Crippen molar-refractivity contribution in [3.05, 3.63) is 237 Å². The van der Waals surface area contributed by atoms with Crippen LogP contribution in [0.2, 0.25) is 0 Å². The number of para-hydroxylation sites is 1. The lowest BCUT2D eigenvalue weighted by Crippen LogP contribution is -2.09. The highest BCUT2D eigenvalue weighted by molar-refractivity contribution is 6.16. The van der Waals surface area contributed by atoms with Gasteiger partial charge in [-0.05, 0) is 98.6 Å². The number of rotatable bonds is 8. The molecule has 0 aliphatic carbocycles. The molecule has 63 heavy (non-hydrogen) atoms. The number of fused-ring (bicyclic) bond motifs is 6. The fourth-order valence-corrected chi connectivity index (χ4v) is 9.06. The molecule has 2 heterocycles. The average molecular weight is 806 g/mol. The zero-order valence-electron chi connectivity index (χ0n) is 34.3. The number of furan rings is 2. The standard InChI is InChI=1S/C60H39NO2/c1-4-11-40(12-5-1)42-19-23-44(24-20-42)46-27-31-49(32-28-46)61(50-33-29-47(30-34-50)45-25-21-43(22-26-45)41-13-6-2-7-14-41)51-35-36-53-55-38-59-56(39-58(55)62-57(53)37-51)54-18-10-17-52(60(54)63-59)48-15-8-3-9-16-48/h1-39H. The molecule has 3 heteroatoms. The first-order valence-electron chi connectivity index (χ1n) is 21.4. The van der Waals surface area contributed by atoms with E-state index in [0.717, 1.165) is 83.2 Å². The van der Waals surface area contributed by atoms with Gasteiger partial charge >= 0.3 is 0 Å². The van der Waals surface area contributed by atoms with Crippen molar-refractivity contribution in [3.8, 4) is 55.6 Å². The lowest BCUT2D eigenvalue weighted by molar-refractivity contribution is 0.664. The maximum atomic E-state index is 6.73. The molecule has 2 aromatic heterocycles. The van der Waals surface area contributed by atoms with E-state index in [1.807, 2.05) is 6.07 Å². The van der Waals surface area contributed by atoms with Crippen LogP contribution in [0.15, 0.2) is 245 Å². The first-order chi connectivity index (χ1) is 31.2. The molecule has 10 aromatic carbocycles. The molecule has 0 spiro atoms. The fraction of sp³-hybridized carbons (Fsp3) is 0. The Balaban J connectivity index is 0.920. The summed E-state index contributed by atoms with van der Waals surface area (Å²) < 4.78 is 13.4. The molecule has 0 radical (unpaired) electrons. The molecule has 0 saturated carbocycles. The SMILES string of the molecule is c1ccc(-c2ccc(-c3ccc(N(c4ccc(-c5ccc(-c6ccccc6)cc5)cc4)c4ccc5c(c4)oc4cc6c(cc45)oc4c(-c5ccccc5)cccc46)cc3)cc2)cc1. The molecule has 0 amide bonds. The highest BCUT2D eigenvalue weighted by Crippen LogP contribution is 2.43. The Bertz CT molecular complexity index is 3430. The van der Waals surface area contributed by atoms with Crippen LogP contribution in [0.25, 0.3) is 99.5 Å². The van der Waals surface area contributed by atoms with Crippen molar-refractivity contribution < 1.29 is 8.83 Å². The molecular formula is C60H39NO2. The summed E-state index contributed by atoms with van der Waals surface area (Å²) in [4.78, 5) is 2.31. The number of benzene rings is 10. The molecule has 0 atom stereocenters. The van der Waals surface area contributed by atoms with Gasteiger partial charge < -0.3 is 13.7 Å². The Kier molecular flexibility index (Phi) is 8.83. The Morgan fingerprint density at radius 1 is 0.238 bits per heavy atom. The first kappa shape index (κ1) is 36.5. The highest BCUT2D eigenvalue weighted by Gasteiger charge is 2.19. The predicted octanol–water partition coefficient (Wildman–Crippen LogP) is 17.3. The second-order valence-corrected chi connectivity index (χ2v) is 16.1. The topological polar surface area (TPSA) is 29.5 Å². The lowest BCUT2D eigenvalue weighted by Gasteiger charge is -2.26. The molecule has 12 aromatic rings. The molecule has 0 bridgehead atoms. The zero-order chi connectivity index (χ0) is 41.7. The van der Waals surface area contributed by atoms with Gasteiger partial charge in [-0.15, -0.1) is 0 Å². The maximum Gasteiger partial charge on any atom is 0.143 e. The Labute approximate surface area is 365 Å². The van der Waals surface area contributed by atoms with Gasteiger partial charge in [-0.3, -0.25) is 0 Å². The largest absolute Gasteiger partial charge is 0.456 e. The smallest absolute Gasteiger partial charge is 0.143 e. The Hall–Kier alpha value is -8.40. The molecule has 0 aliphatic rings. The van der Waals surface area contributed by atoms with Gasteiger partial charge in [0.15, 0.2) is 0 Å². The van der Waals surface area contributed by atoms with Crippen molar-refractivity contribution in [2.45, 2.75) is 0 Å². The van der Waals surface area contributed by atoms with Gasteiger partial charge in [0.05, 0.1) is 0 Å². The summed E-state index contributed by atoms with van der Waals surface area (Å²) in [6, 6.07) is 83.9. The van der Waals surface area contributed by atoms with Crippen LogP contribution in [0.4, 0.5) is 17.1 Å². The molecule has 12 rings (SSSR count). The molecular weight excluding hydrogens is 767 g/mol. The quantitative estimate of drug-likeness (QED) is 0.153. The van der Waals surface area contributed by atoms with E-state index in [1.54, 1.807) is 0 Å². The van der Waals surface area contributed by atoms with Gasteiger partial charge in [0.2, 0.25) is 0 Å².